The Balaban J connectivity index is 1.35. The van der Waals surface area contributed by atoms with E-state index in [2.05, 4.69) is 158 Å². The van der Waals surface area contributed by atoms with Crippen LogP contribution in [0.3, 0.4) is 0 Å². The molecule has 1 aliphatic rings. The number of aromatic nitrogens is 3. The highest BCUT2D eigenvalue weighted by Crippen LogP contribution is 2.53. The molecule has 49 heavy (non-hydrogen) atoms. The van der Waals surface area contributed by atoms with E-state index in [4.69, 9.17) is 9.97 Å². The molecule has 0 atom stereocenters. The smallest absolute Gasteiger partial charge is 0.235 e. The number of para-hydroxylation sites is 1. The molecule has 0 bridgehead atoms. The van der Waals surface area contributed by atoms with Crippen LogP contribution >= 0.6 is 11.3 Å². The largest absolute Gasteiger partial charge is 0.278 e. The summed E-state index contributed by atoms with van der Waals surface area (Å²) < 4.78 is 4.89. The zero-order valence-electron chi connectivity index (χ0n) is 27.0. The second kappa shape index (κ2) is 9.62. The second-order valence-corrected chi connectivity index (χ2v) is 14.9. The van der Waals surface area contributed by atoms with Gasteiger partial charge in [-0.1, -0.05) is 123 Å². The lowest BCUT2D eigenvalue weighted by Gasteiger charge is -2.21. The lowest BCUT2D eigenvalue weighted by atomic mass is 9.82. The van der Waals surface area contributed by atoms with Crippen LogP contribution in [0.15, 0.2) is 140 Å². The predicted octanol–water partition coefficient (Wildman–Crippen LogP) is 12.2. The van der Waals surface area contributed by atoms with Gasteiger partial charge in [-0.15, -0.1) is 11.3 Å². The molecule has 0 amide bonds. The third-order valence-corrected chi connectivity index (χ3v) is 11.9. The quantitative estimate of drug-likeness (QED) is 0.188. The van der Waals surface area contributed by atoms with E-state index in [1.54, 1.807) is 0 Å². The van der Waals surface area contributed by atoms with E-state index in [1.807, 2.05) is 11.3 Å². The van der Waals surface area contributed by atoms with Crippen LogP contribution in [-0.2, 0) is 5.41 Å². The van der Waals surface area contributed by atoms with E-state index in [0.717, 1.165) is 33.2 Å². The summed E-state index contributed by atoms with van der Waals surface area (Å²) in [5.41, 5.74) is 10.5. The number of hydrogen-bond acceptors (Lipinski definition) is 3. The Morgan fingerprint density at radius 3 is 2.20 bits per heavy atom. The van der Waals surface area contributed by atoms with Gasteiger partial charge in [0.1, 0.15) is 0 Å². The fourth-order valence-corrected chi connectivity index (χ4v) is 9.65. The molecule has 0 fully saturated rings. The van der Waals surface area contributed by atoms with Gasteiger partial charge in [-0.25, -0.2) is 9.97 Å². The Hall–Kier alpha value is -5.84. The molecule has 0 radical (unpaired) electrons. The van der Waals surface area contributed by atoms with Crippen LogP contribution in [-0.4, -0.2) is 14.5 Å². The number of rotatable bonds is 2. The summed E-state index contributed by atoms with van der Waals surface area (Å²) in [7, 11) is 0. The van der Waals surface area contributed by atoms with Crippen LogP contribution in [0, 0.1) is 0 Å². The first-order valence-electron chi connectivity index (χ1n) is 16.8. The molecule has 1 aliphatic carbocycles. The van der Waals surface area contributed by atoms with E-state index in [0.29, 0.717) is 5.95 Å². The van der Waals surface area contributed by atoms with E-state index < -0.39 is 0 Å². The summed E-state index contributed by atoms with van der Waals surface area (Å²) >= 11 is 1.85. The molecule has 0 aliphatic heterocycles. The zero-order chi connectivity index (χ0) is 32.4. The molecule has 3 nitrogen and oxygen atoms in total. The van der Waals surface area contributed by atoms with Crippen molar-refractivity contribution in [2.24, 2.45) is 0 Å². The number of benzene rings is 7. The molecule has 230 valence electrons. The van der Waals surface area contributed by atoms with Crippen molar-refractivity contribution in [3.05, 3.63) is 151 Å². The third-order valence-electron chi connectivity index (χ3n) is 10.8. The summed E-state index contributed by atoms with van der Waals surface area (Å²) in [6.45, 7) is 4.73. The second-order valence-electron chi connectivity index (χ2n) is 13.8. The Morgan fingerprint density at radius 2 is 1.31 bits per heavy atom. The van der Waals surface area contributed by atoms with Gasteiger partial charge in [0.05, 0.1) is 22.2 Å². The van der Waals surface area contributed by atoms with Gasteiger partial charge in [0.25, 0.3) is 0 Å². The standard InChI is InChI=1S/C45H29N3S/c1-45(2)33-17-9-6-15-29(33)41-34(45)22-20-26-21-23-36-42(40(26)41)32-24-31-28-14-8-11-19-38(28)49-39(31)25-37(32)48(36)44-46-35-18-10-7-16-30(35)43(47-44)27-12-4-3-5-13-27/h3-25H,1-2H3. The van der Waals surface area contributed by atoms with Crippen LogP contribution in [0.4, 0.5) is 0 Å². The van der Waals surface area contributed by atoms with Gasteiger partial charge in [-0.2, -0.15) is 0 Å². The van der Waals surface area contributed by atoms with Crippen molar-refractivity contribution in [1.82, 2.24) is 14.5 Å². The minimum absolute atomic E-state index is 0.0937. The third kappa shape index (κ3) is 3.61. The van der Waals surface area contributed by atoms with Gasteiger partial charge in [0.2, 0.25) is 5.95 Å². The molecule has 4 heteroatoms. The molecule has 11 rings (SSSR count). The lowest BCUT2D eigenvalue weighted by Crippen LogP contribution is -2.14. The topological polar surface area (TPSA) is 30.7 Å². The molecule has 0 saturated carbocycles. The molecule has 0 spiro atoms. The first-order chi connectivity index (χ1) is 24.1. The number of fused-ring (bicyclic) bond motifs is 13. The molecule has 0 saturated heterocycles. The number of thiophene rings is 1. The maximum Gasteiger partial charge on any atom is 0.235 e. The Labute approximate surface area is 286 Å². The molecule has 0 unspecified atom stereocenters. The van der Waals surface area contributed by atoms with E-state index in [1.165, 1.54) is 64.0 Å². The van der Waals surface area contributed by atoms with Crippen molar-refractivity contribution in [1.29, 1.82) is 0 Å². The average molecular weight is 644 g/mol. The monoisotopic (exact) mass is 643 g/mol. The van der Waals surface area contributed by atoms with Gasteiger partial charge < -0.3 is 0 Å². The highest BCUT2D eigenvalue weighted by atomic mass is 32.1. The predicted molar refractivity (Wildman–Crippen MR) is 207 cm³/mol. The van der Waals surface area contributed by atoms with E-state index >= 15 is 0 Å². The van der Waals surface area contributed by atoms with Crippen molar-refractivity contribution in [3.8, 4) is 28.3 Å². The summed E-state index contributed by atoms with van der Waals surface area (Å²) in [6, 6.07) is 50.7. The van der Waals surface area contributed by atoms with Crippen molar-refractivity contribution in [3.63, 3.8) is 0 Å². The molecule has 0 N–H and O–H groups in total. The first-order valence-corrected chi connectivity index (χ1v) is 17.7. The van der Waals surface area contributed by atoms with Crippen LogP contribution < -0.4 is 0 Å². The summed E-state index contributed by atoms with van der Waals surface area (Å²) in [5, 5.41) is 8.68. The molecule has 3 heterocycles. The highest BCUT2D eigenvalue weighted by molar-refractivity contribution is 7.25. The molecular weight excluding hydrogens is 615 g/mol. The van der Waals surface area contributed by atoms with Crippen molar-refractivity contribution >= 4 is 75.0 Å². The van der Waals surface area contributed by atoms with Gasteiger partial charge in [-0.05, 0) is 63.4 Å². The summed E-state index contributed by atoms with van der Waals surface area (Å²) in [5.74, 6) is 0.686. The normalized spacial score (nSPS) is 13.7. The van der Waals surface area contributed by atoms with Gasteiger partial charge >= 0.3 is 0 Å². The van der Waals surface area contributed by atoms with E-state index in [-0.39, 0.29) is 5.41 Å². The molecule has 7 aromatic carbocycles. The summed E-state index contributed by atoms with van der Waals surface area (Å²) in [6.07, 6.45) is 0. The lowest BCUT2D eigenvalue weighted by molar-refractivity contribution is 0.661. The molecule has 3 aromatic heterocycles. The Bertz CT molecular complexity index is 3020. The van der Waals surface area contributed by atoms with Crippen molar-refractivity contribution in [2.45, 2.75) is 19.3 Å². The van der Waals surface area contributed by atoms with Gasteiger partial charge in [0.15, 0.2) is 0 Å². The first kappa shape index (κ1) is 27.1. The maximum absolute atomic E-state index is 5.40. The SMILES string of the molecule is CC1(C)c2ccccc2-c2c1ccc1ccc3c(c4cc5c(cc4n3-c3nc(-c4ccccc4)c4ccccc4n3)sc3ccccc35)c21. The van der Waals surface area contributed by atoms with Crippen LogP contribution in [0.5, 0.6) is 0 Å². The van der Waals surface area contributed by atoms with Crippen molar-refractivity contribution in [2.75, 3.05) is 0 Å². The molecular formula is C45H29N3S. The maximum atomic E-state index is 5.40. The molecule has 10 aromatic rings. The van der Waals surface area contributed by atoms with Gasteiger partial charge in [-0.3, -0.25) is 4.57 Å². The minimum atomic E-state index is -0.0937. The number of hydrogen-bond donors (Lipinski definition) is 0. The Kier molecular flexibility index (Phi) is 5.33. The highest BCUT2D eigenvalue weighted by Gasteiger charge is 2.37. The van der Waals surface area contributed by atoms with Crippen LogP contribution in [0.25, 0.3) is 92.0 Å². The minimum Gasteiger partial charge on any atom is -0.278 e. The van der Waals surface area contributed by atoms with Crippen LogP contribution in [0.1, 0.15) is 25.0 Å². The Morgan fingerprint density at radius 1 is 0.551 bits per heavy atom. The van der Waals surface area contributed by atoms with Crippen LogP contribution in [0.2, 0.25) is 0 Å². The van der Waals surface area contributed by atoms with E-state index in [9.17, 15) is 0 Å². The zero-order valence-corrected chi connectivity index (χ0v) is 27.8. The fraction of sp³-hybridized carbons (Fsp3) is 0.0667. The number of nitrogens with zero attached hydrogens (tertiary/aromatic N) is 3. The van der Waals surface area contributed by atoms with Crippen molar-refractivity contribution < 1.29 is 0 Å². The van der Waals surface area contributed by atoms with Gasteiger partial charge in [0, 0.05) is 47.3 Å². The fourth-order valence-electron chi connectivity index (χ4n) is 8.53. The summed E-state index contributed by atoms with van der Waals surface area (Å²) in [4.78, 5) is 10.7. The average Bonchev–Trinajstić information content (AvgIpc) is 3.75.